The highest BCUT2D eigenvalue weighted by molar-refractivity contribution is 5.85. The van der Waals surface area contributed by atoms with E-state index in [1.165, 1.54) is 0 Å². The number of nitrogens with two attached hydrogens (primary N) is 1. The molecule has 0 aliphatic carbocycles. The van der Waals surface area contributed by atoms with Gasteiger partial charge in [-0.05, 0) is 13.0 Å². The number of halogens is 2. The average Bonchev–Trinajstić information content (AvgIpc) is 2.71. The predicted molar refractivity (Wildman–Crippen MR) is 63.6 cm³/mol. The summed E-state index contributed by atoms with van der Waals surface area (Å²) in [5, 5.41) is 0. The van der Waals surface area contributed by atoms with Crippen LogP contribution in [0.1, 0.15) is 18.3 Å². The van der Waals surface area contributed by atoms with Crippen LogP contribution in [0.3, 0.4) is 0 Å². The molecule has 88 valence electrons. The molecule has 6 heteroatoms. The molecule has 1 aliphatic heterocycles. The normalized spacial score (nSPS) is 24.4. The molecule has 2 rings (SSSR count). The van der Waals surface area contributed by atoms with Crippen molar-refractivity contribution in [1.29, 1.82) is 0 Å². The maximum atomic E-state index is 5.66. The Bertz CT molecular complexity index is 293. The van der Waals surface area contributed by atoms with E-state index in [2.05, 4.69) is 4.98 Å². The first-order valence-corrected chi connectivity index (χ1v) is 4.62. The summed E-state index contributed by atoms with van der Waals surface area (Å²) in [7, 11) is 1.98. The molecule has 2 atom stereocenters. The van der Waals surface area contributed by atoms with E-state index in [9.17, 15) is 0 Å². The summed E-state index contributed by atoms with van der Waals surface area (Å²) in [4.78, 5) is 4.28. The molecule has 15 heavy (non-hydrogen) atoms. The summed E-state index contributed by atoms with van der Waals surface area (Å²) in [5.41, 5.74) is 5.66. The first-order chi connectivity index (χ1) is 6.33. The fourth-order valence-electron chi connectivity index (χ4n) is 1.81. The van der Waals surface area contributed by atoms with Crippen LogP contribution in [0.4, 0.5) is 0 Å². The second kappa shape index (κ2) is 6.33. The van der Waals surface area contributed by atoms with Crippen molar-refractivity contribution in [2.45, 2.75) is 12.5 Å². The van der Waals surface area contributed by atoms with Gasteiger partial charge in [0.15, 0.2) is 0 Å². The average molecular weight is 254 g/mol. The summed E-state index contributed by atoms with van der Waals surface area (Å²) in [6.45, 7) is 1.48. The van der Waals surface area contributed by atoms with Crippen molar-refractivity contribution in [1.82, 2.24) is 9.55 Å². The molecular weight excluding hydrogens is 237 g/mol. The van der Waals surface area contributed by atoms with Crippen LogP contribution in [0.25, 0.3) is 0 Å². The Morgan fingerprint density at radius 1 is 1.60 bits per heavy atom. The molecule has 0 aromatic carbocycles. The molecular formula is C9H17Cl2N3O. The third kappa shape index (κ3) is 2.84. The summed E-state index contributed by atoms with van der Waals surface area (Å²) >= 11 is 0. The first kappa shape index (κ1) is 14.7. The van der Waals surface area contributed by atoms with E-state index in [0.717, 1.165) is 18.9 Å². The molecule has 1 aliphatic rings. The number of aromatic nitrogens is 2. The maximum Gasteiger partial charge on any atom is 0.137 e. The fourth-order valence-corrected chi connectivity index (χ4v) is 1.81. The highest BCUT2D eigenvalue weighted by Crippen LogP contribution is 2.32. The van der Waals surface area contributed by atoms with Crippen LogP contribution in [0.2, 0.25) is 0 Å². The lowest BCUT2D eigenvalue weighted by Gasteiger charge is -2.15. The highest BCUT2D eigenvalue weighted by atomic mass is 35.5. The lowest BCUT2D eigenvalue weighted by atomic mass is 10.0. The van der Waals surface area contributed by atoms with Crippen LogP contribution in [0, 0.1) is 5.92 Å². The molecule has 2 N–H and O–H groups in total. The van der Waals surface area contributed by atoms with E-state index >= 15 is 0 Å². The van der Waals surface area contributed by atoms with Gasteiger partial charge in [-0.15, -0.1) is 24.8 Å². The number of nitrogens with zero attached hydrogens (tertiary/aromatic N) is 2. The predicted octanol–water partition coefficient (Wildman–Crippen LogP) is 1.30. The number of ether oxygens (including phenoxy) is 1. The minimum Gasteiger partial charge on any atom is -0.370 e. The Morgan fingerprint density at radius 3 is 2.87 bits per heavy atom. The van der Waals surface area contributed by atoms with Crippen molar-refractivity contribution in [3.8, 4) is 0 Å². The van der Waals surface area contributed by atoms with Crippen LogP contribution in [0.5, 0.6) is 0 Å². The molecule has 0 spiro atoms. The maximum absolute atomic E-state index is 5.66. The lowest BCUT2D eigenvalue weighted by molar-refractivity contribution is 0.0831. The SMILES string of the molecule is Cl.Cl.Cn1ccnc1[C@@H]1OCC[C@H]1CN. The molecule has 1 saturated heterocycles. The van der Waals surface area contributed by atoms with Gasteiger partial charge in [0, 0.05) is 32.0 Å². The van der Waals surface area contributed by atoms with Gasteiger partial charge in [0.2, 0.25) is 0 Å². The van der Waals surface area contributed by atoms with Crippen LogP contribution in [0.15, 0.2) is 12.4 Å². The molecule has 0 amide bonds. The number of hydrogen-bond acceptors (Lipinski definition) is 3. The summed E-state index contributed by atoms with van der Waals surface area (Å²) < 4.78 is 7.62. The quantitative estimate of drug-likeness (QED) is 0.865. The molecule has 4 nitrogen and oxygen atoms in total. The summed E-state index contributed by atoms with van der Waals surface area (Å²) in [6, 6.07) is 0. The summed E-state index contributed by atoms with van der Waals surface area (Å²) in [6.07, 6.45) is 4.88. The van der Waals surface area contributed by atoms with Crippen molar-refractivity contribution in [3.63, 3.8) is 0 Å². The fraction of sp³-hybridized carbons (Fsp3) is 0.667. The second-order valence-corrected chi connectivity index (χ2v) is 3.47. The van der Waals surface area contributed by atoms with Crippen molar-refractivity contribution in [2.24, 2.45) is 18.7 Å². The molecule has 1 fully saturated rings. The molecule has 1 aromatic heterocycles. The van der Waals surface area contributed by atoms with E-state index in [0.29, 0.717) is 12.5 Å². The number of imidazole rings is 1. The standard InChI is InChI=1S/C9H15N3O.2ClH/c1-12-4-3-11-9(12)8-7(6-10)2-5-13-8;;/h3-4,7-8H,2,5-6,10H2,1H3;2*1H/t7-,8+;;/m0../s1. The number of hydrogen-bond donors (Lipinski definition) is 1. The van der Waals surface area contributed by atoms with E-state index in [1.54, 1.807) is 6.20 Å². The van der Waals surface area contributed by atoms with Crippen molar-refractivity contribution >= 4 is 24.8 Å². The van der Waals surface area contributed by atoms with Gasteiger partial charge in [0.05, 0.1) is 0 Å². The van der Waals surface area contributed by atoms with Gasteiger partial charge in [0.25, 0.3) is 0 Å². The Hall–Kier alpha value is -0.290. The van der Waals surface area contributed by atoms with E-state index in [1.807, 2.05) is 17.8 Å². The smallest absolute Gasteiger partial charge is 0.137 e. The van der Waals surface area contributed by atoms with Gasteiger partial charge < -0.3 is 15.0 Å². The zero-order valence-electron chi connectivity index (χ0n) is 8.63. The second-order valence-electron chi connectivity index (χ2n) is 3.47. The number of rotatable bonds is 2. The third-order valence-electron chi connectivity index (χ3n) is 2.63. The van der Waals surface area contributed by atoms with Gasteiger partial charge in [-0.1, -0.05) is 0 Å². The van der Waals surface area contributed by atoms with Gasteiger partial charge in [-0.3, -0.25) is 0 Å². The summed E-state index contributed by atoms with van der Waals surface area (Å²) in [5.74, 6) is 1.43. The van der Waals surface area contributed by atoms with Crippen LogP contribution in [-0.4, -0.2) is 22.7 Å². The third-order valence-corrected chi connectivity index (χ3v) is 2.63. The lowest BCUT2D eigenvalue weighted by Crippen LogP contribution is -2.20. The molecule has 0 radical (unpaired) electrons. The Labute approximate surface area is 102 Å². The molecule has 1 aromatic rings. The van der Waals surface area contributed by atoms with Crippen molar-refractivity contribution < 1.29 is 4.74 Å². The zero-order chi connectivity index (χ0) is 9.26. The monoisotopic (exact) mass is 253 g/mol. The highest BCUT2D eigenvalue weighted by Gasteiger charge is 2.30. The van der Waals surface area contributed by atoms with Gasteiger partial charge in [-0.25, -0.2) is 4.98 Å². The Kier molecular flexibility index (Phi) is 6.20. The van der Waals surface area contributed by atoms with Gasteiger partial charge in [-0.2, -0.15) is 0 Å². The largest absolute Gasteiger partial charge is 0.370 e. The molecule has 0 unspecified atom stereocenters. The van der Waals surface area contributed by atoms with Crippen LogP contribution < -0.4 is 5.73 Å². The molecule has 0 saturated carbocycles. The van der Waals surface area contributed by atoms with Crippen molar-refractivity contribution in [3.05, 3.63) is 18.2 Å². The van der Waals surface area contributed by atoms with E-state index in [4.69, 9.17) is 10.5 Å². The Morgan fingerprint density at radius 2 is 2.33 bits per heavy atom. The molecule has 0 bridgehead atoms. The van der Waals surface area contributed by atoms with E-state index < -0.39 is 0 Å². The zero-order valence-corrected chi connectivity index (χ0v) is 10.3. The van der Waals surface area contributed by atoms with Gasteiger partial charge in [0.1, 0.15) is 11.9 Å². The topological polar surface area (TPSA) is 53.1 Å². The van der Waals surface area contributed by atoms with Crippen LogP contribution >= 0.6 is 24.8 Å². The molecule has 2 heterocycles. The first-order valence-electron chi connectivity index (χ1n) is 4.62. The van der Waals surface area contributed by atoms with Gasteiger partial charge >= 0.3 is 0 Å². The van der Waals surface area contributed by atoms with Crippen molar-refractivity contribution in [2.75, 3.05) is 13.2 Å². The van der Waals surface area contributed by atoms with Crippen LogP contribution in [-0.2, 0) is 11.8 Å². The van der Waals surface area contributed by atoms with E-state index in [-0.39, 0.29) is 30.9 Å². The Balaban J connectivity index is 0.000000980. The number of aryl methyl sites for hydroxylation is 1. The minimum atomic E-state index is 0. The minimum absolute atomic E-state index is 0.